The Kier molecular flexibility index (Phi) is 7.15. The fourth-order valence-electron chi connectivity index (χ4n) is 4.10. The van der Waals surface area contributed by atoms with Crippen molar-refractivity contribution in [2.24, 2.45) is 5.92 Å². The minimum atomic E-state index is -1.52. The minimum absolute atomic E-state index is 0.0376. The third-order valence-electron chi connectivity index (χ3n) is 5.77. The van der Waals surface area contributed by atoms with Gasteiger partial charge in [0.1, 0.15) is 17.8 Å². The molecule has 3 unspecified atom stereocenters. The standard InChI is InChI=1S/C24H25FN2O5/c1-3-4-9-18(23(30)26-32)27-20(16-7-5-6-8-17(16)25)19(22(29)24(27)31)21(28)15-12-10-14(2)11-13-15/h5-8,10-13,18-20,32H,3-4,9H2,1-2H3,(H,26,30). The van der Waals surface area contributed by atoms with Gasteiger partial charge >= 0.3 is 0 Å². The Morgan fingerprint density at radius 2 is 1.78 bits per heavy atom. The van der Waals surface area contributed by atoms with Crippen molar-refractivity contribution in [1.82, 2.24) is 10.4 Å². The molecule has 1 heterocycles. The molecule has 0 aliphatic carbocycles. The molecular formula is C24H25FN2O5. The third kappa shape index (κ3) is 4.31. The van der Waals surface area contributed by atoms with E-state index in [1.165, 1.54) is 29.7 Å². The van der Waals surface area contributed by atoms with E-state index in [0.717, 1.165) is 10.5 Å². The SMILES string of the molecule is CCCCC(C(=O)NO)N1C(=O)C(=O)C(C(=O)c2ccc(C)cc2)C1c1ccccc1F. The highest BCUT2D eigenvalue weighted by molar-refractivity contribution is 6.44. The number of benzene rings is 2. The van der Waals surface area contributed by atoms with Crippen molar-refractivity contribution >= 4 is 23.4 Å². The van der Waals surface area contributed by atoms with E-state index >= 15 is 0 Å². The number of ketones is 2. The van der Waals surface area contributed by atoms with Gasteiger partial charge < -0.3 is 4.90 Å². The van der Waals surface area contributed by atoms with E-state index in [-0.39, 0.29) is 17.5 Å². The summed E-state index contributed by atoms with van der Waals surface area (Å²) in [5, 5.41) is 9.24. The molecule has 2 N–H and O–H groups in total. The number of unbranched alkanes of at least 4 members (excludes halogenated alkanes) is 1. The summed E-state index contributed by atoms with van der Waals surface area (Å²) in [6.07, 6.45) is 1.33. The summed E-state index contributed by atoms with van der Waals surface area (Å²) in [6, 6.07) is 9.49. The highest BCUT2D eigenvalue weighted by atomic mass is 19.1. The van der Waals surface area contributed by atoms with Crippen molar-refractivity contribution in [3.05, 3.63) is 71.0 Å². The first-order valence-electron chi connectivity index (χ1n) is 10.5. The molecule has 0 saturated carbocycles. The number of carbonyl (C=O) groups is 4. The number of amides is 2. The van der Waals surface area contributed by atoms with E-state index in [0.29, 0.717) is 12.8 Å². The van der Waals surface area contributed by atoms with E-state index in [1.54, 1.807) is 24.3 Å². The number of hydroxylamine groups is 1. The summed E-state index contributed by atoms with van der Waals surface area (Å²) in [4.78, 5) is 52.9. The number of nitrogens with one attached hydrogen (secondary N) is 1. The molecule has 1 aliphatic heterocycles. The summed E-state index contributed by atoms with van der Waals surface area (Å²) in [5.74, 6) is -5.80. The number of carbonyl (C=O) groups excluding carboxylic acids is 4. The predicted octanol–water partition coefficient (Wildman–Crippen LogP) is 3.15. The molecule has 0 spiro atoms. The lowest BCUT2D eigenvalue weighted by Crippen LogP contribution is -2.48. The zero-order valence-corrected chi connectivity index (χ0v) is 17.9. The van der Waals surface area contributed by atoms with Crippen molar-refractivity contribution in [2.45, 2.75) is 45.2 Å². The number of rotatable bonds is 8. The van der Waals surface area contributed by atoms with Crippen molar-refractivity contribution in [3.8, 4) is 0 Å². The zero-order chi connectivity index (χ0) is 23.4. The molecule has 7 nitrogen and oxygen atoms in total. The van der Waals surface area contributed by atoms with E-state index in [1.807, 2.05) is 13.8 Å². The highest BCUT2D eigenvalue weighted by Gasteiger charge is 2.55. The molecule has 3 rings (SSSR count). The first-order chi connectivity index (χ1) is 15.3. The molecule has 1 saturated heterocycles. The van der Waals surface area contributed by atoms with Gasteiger partial charge in [0.2, 0.25) is 5.78 Å². The third-order valence-corrected chi connectivity index (χ3v) is 5.77. The molecule has 168 valence electrons. The van der Waals surface area contributed by atoms with Gasteiger partial charge in [-0.05, 0) is 19.4 Å². The number of aryl methyl sites for hydroxylation is 1. The topological polar surface area (TPSA) is 104 Å². The molecular weight excluding hydrogens is 415 g/mol. The summed E-state index contributed by atoms with van der Waals surface area (Å²) >= 11 is 0. The van der Waals surface area contributed by atoms with Crippen LogP contribution in [-0.2, 0) is 14.4 Å². The molecule has 0 radical (unpaired) electrons. The number of likely N-dealkylation sites (tertiary alicyclic amines) is 1. The molecule has 0 bridgehead atoms. The van der Waals surface area contributed by atoms with Gasteiger partial charge in [0.25, 0.3) is 11.8 Å². The lowest BCUT2D eigenvalue weighted by Gasteiger charge is -2.33. The molecule has 0 aromatic heterocycles. The zero-order valence-electron chi connectivity index (χ0n) is 17.9. The van der Waals surface area contributed by atoms with Gasteiger partial charge in [0.15, 0.2) is 5.78 Å². The summed E-state index contributed by atoms with van der Waals surface area (Å²) in [6.45, 7) is 3.72. The molecule has 1 fully saturated rings. The largest absolute Gasteiger partial charge is 0.316 e. The van der Waals surface area contributed by atoms with Crippen LogP contribution in [0.15, 0.2) is 48.5 Å². The Balaban J connectivity index is 2.15. The summed E-state index contributed by atoms with van der Waals surface area (Å²) in [7, 11) is 0. The second kappa shape index (κ2) is 9.82. The minimum Gasteiger partial charge on any atom is -0.316 e. The van der Waals surface area contributed by atoms with E-state index in [2.05, 4.69) is 0 Å². The second-order valence-corrected chi connectivity index (χ2v) is 7.89. The van der Waals surface area contributed by atoms with Gasteiger partial charge in [-0.15, -0.1) is 0 Å². The average Bonchev–Trinajstić information content (AvgIpc) is 3.04. The maximum Gasteiger partial charge on any atom is 0.292 e. The first kappa shape index (κ1) is 23.3. The maximum absolute atomic E-state index is 14.8. The van der Waals surface area contributed by atoms with Crippen LogP contribution in [0.2, 0.25) is 0 Å². The Hall–Kier alpha value is -3.39. The quantitative estimate of drug-likeness (QED) is 0.216. The van der Waals surface area contributed by atoms with Crippen molar-refractivity contribution in [1.29, 1.82) is 0 Å². The van der Waals surface area contributed by atoms with Crippen molar-refractivity contribution in [2.75, 3.05) is 0 Å². The van der Waals surface area contributed by atoms with Gasteiger partial charge in [-0.2, -0.15) is 0 Å². The fraction of sp³-hybridized carbons (Fsp3) is 0.333. The monoisotopic (exact) mass is 440 g/mol. The van der Waals surface area contributed by atoms with Crippen LogP contribution >= 0.6 is 0 Å². The van der Waals surface area contributed by atoms with Gasteiger partial charge in [-0.3, -0.25) is 24.4 Å². The molecule has 8 heteroatoms. The molecule has 2 aromatic rings. The number of nitrogens with zero attached hydrogens (tertiary/aromatic N) is 1. The molecule has 3 atom stereocenters. The molecule has 2 amide bonds. The first-order valence-corrected chi connectivity index (χ1v) is 10.5. The van der Waals surface area contributed by atoms with Crippen LogP contribution in [0, 0.1) is 18.7 Å². The normalized spacial score (nSPS) is 19.2. The number of hydrogen-bond acceptors (Lipinski definition) is 5. The number of Topliss-reactive ketones (excluding diaryl/α,β-unsaturated/α-hetero) is 2. The van der Waals surface area contributed by atoms with Crippen LogP contribution < -0.4 is 5.48 Å². The Labute approximate surface area is 185 Å². The lowest BCUT2D eigenvalue weighted by atomic mass is 9.85. The van der Waals surface area contributed by atoms with E-state index in [4.69, 9.17) is 0 Å². The maximum atomic E-state index is 14.8. The van der Waals surface area contributed by atoms with Gasteiger partial charge in [-0.1, -0.05) is 67.8 Å². The van der Waals surface area contributed by atoms with Gasteiger partial charge in [-0.25, -0.2) is 9.87 Å². The van der Waals surface area contributed by atoms with E-state index < -0.39 is 47.2 Å². The molecule has 1 aliphatic rings. The van der Waals surface area contributed by atoms with Crippen molar-refractivity contribution in [3.63, 3.8) is 0 Å². The average molecular weight is 440 g/mol. The molecule has 32 heavy (non-hydrogen) atoms. The Morgan fingerprint density at radius 3 is 2.38 bits per heavy atom. The van der Waals surface area contributed by atoms with Gasteiger partial charge in [0.05, 0.1) is 6.04 Å². The Morgan fingerprint density at radius 1 is 1.12 bits per heavy atom. The highest BCUT2D eigenvalue weighted by Crippen LogP contribution is 2.41. The Bertz CT molecular complexity index is 1040. The van der Waals surface area contributed by atoms with Crippen molar-refractivity contribution < 1.29 is 28.8 Å². The summed E-state index contributed by atoms with van der Waals surface area (Å²) in [5.41, 5.74) is 2.61. The smallest absolute Gasteiger partial charge is 0.292 e. The second-order valence-electron chi connectivity index (χ2n) is 7.89. The van der Waals surface area contributed by atoms with Crippen LogP contribution in [0.1, 0.15) is 53.7 Å². The van der Waals surface area contributed by atoms with Crippen LogP contribution in [0.3, 0.4) is 0 Å². The van der Waals surface area contributed by atoms with Crippen LogP contribution in [-0.4, -0.2) is 39.5 Å². The lowest BCUT2D eigenvalue weighted by molar-refractivity contribution is -0.147. The van der Waals surface area contributed by atoms with Crippen LogP contribution in [0.5, 0.6) is 0 Å². The molecule has 2 aromatic carbocycles. The predicted molar refractivity (Wildman–Crippen MR) is 113 cm³/mol. The van der Waals surface area contributed by atoms with E-state index in [9.17, 15) is 28.8 Å². The summed E-state index contributed by atoms with van der Waals surface area (Å²) < 4.78 is 14.8. The van der Waals surface area contributed by atoms with Gasteiger partial charge in [0, 0.05) is 11.1 Å². The fourth-order valence-corrected chi connectivity index (χ4v) is 4.10. The van der Waals surface area contributed by atoms with Crippen LogP contribution in [0.25, 0.3) is 0 Å². The number of halogens is 1. The number of hydrogen-bond donors (Lipinski definition) is 2. The van der Waals surface area contributed by atoms with Crippen LogP contribution in [0.4, 0.5) is 4.39 Å².